The Kier molecular flexibility index (Phi) is 4.73. The average Bonchev–Trinajstić information content (AvgIpc) is 2.43. The van der Waals surface area contributed by atoms with Gasteiger partial charge in [-0.15, -0.1) is 0 Å². The first-order valence-electron chi connectivity index (χ1n) is 4.96. The van der Waals surface area contributed by atoms with Crippen LogP contribution in [0.4, 0.5) is 0 Å². The summed E-state index contributed by atoms with van der Waals surface area (Å²) in [5.74, 6) is 2.45. The van der Waals surface area contributed by atoms with Crippen molar-refractivity contribution in [3.63, 3.8) is 0 Å². The van der Waals surface area contributed by atoms with Crippen molar-refractivity contribution in [2.75, 3.05) is 30.1 Å². The van der Waals surface area contributed by atoms with Gasteiger partial charge < -0.3 is 5.32 Å². The highest BCUT2D eigenvalue weighted by Gasteiger charge is 2.27. The molecule has 1 fully saturated rings. The molecule has 1 aliphatic rings. The smallest absolute Gasteiger partial charge is 0.151 e. The zero-order valence-electron chi connectivity index (χ0n) is 8.82. The van der Waals surface area contributed by atoms with Gasteiger partial charge in [0.25, 0.3) is 0 Å². The second-order valence-electron chi connectivity index (χ2n) is 4.07. The number of sulfone groups is 1. The van der Waals surface area contributed by atoms with Crippen LogP contribution in [0.15, 0.2) is 0 Å². The summed E-state index contributed by atoms with van der Waals surface area (Å²) in [5.41, 5.74) is 0. The predicted octanol–water partition coefficient (Wildman–Crippen LogP) is 0.762. The topological polar surface area (TPSA) is 46.2 Å². The first-order valence-corrected chi connectivity index (χ1v) is 8.18. The molecule has 0 saturated carbocycles. The summed E-state index contributed by atoms with van der Waals surface area (Å²) in [6.45, 7) is 3.12. The molecule has 0 radical (unpaired) electrons. The van der Waals surface area contributed by atoms with Crippen LogP contribution in [0.3, 0.4) is 0 Å². The van der Waals surface area contributed by atoms with Crippen molar-refractivity contribution in [1.29, 1.82) is 0 Å². The van der Waals surface area contributed by atoms with E-state index >= 15 is 0 Å². The Balaban J connectivity index is 2.20. The number of nitrogens with one attached hydrogen (secondary N) is 1. The third kappa shape index (κ3) is 4.19. The SMILES string of the molecule is CSCC(C)CNC1CCS(=O)(=O)C1. The molecule has 1 aliphatic heterocycles. The van der Waals surface area contributed by atoms with Crippen molar-refractivity contribution in [1.82, 2.24) is 5.32 Å². The molecule has 0 aliphatic carbocycles. The van der Waals surface area contributed by atoms with Crippen LogP contribution in [0, 0.1) is 5.92 Å². The molecule has 0 bridgehead atoms. The van der Waals surface area contributed by atoms with E-state index in [9.17, 15) is 8.42 Å². The van der Waals surface area contributed by atoms with Gasteiger partial charge in [0.05, 0.1) is 11.5 Å². The maximum absolute atomic E-state index is 11.2. The minimum atomic E-state index is -2.72. The Labute approximate surface area is 91.0 Å². The highest BCUT2D eigenvalue weighted by Crippen LogP contribution is 2.12. The van der Waals surface area contributed by atoms with Crippen molar-refractivity contribution in [3.8, 4) is 0 Å². The standard InChI is InChI=1S/C9H19NO2S2/c1-8(6-13-2)5-10-9-3-4-14(11,12)7-9/h8-10H,3-7H2,1-2H3. The number of hydrogen-bond donors (Lipinski definition) is 1. The maximum atomic E-state index is 11.2. The van der Waals surface area contributed by atoms with Crippen molar-refractivity contribution in [2.45, 2.75) is 19.4 Å². The van der Waals surface area contributed by atoms with Crippen LogP contribution >= 0.6 is 11.8 Å². The summed E-state index contributed by atoms with van der Waals surface area (Å²) in [7, 11) is -2.72. The van der Waals surface area contributed by atoms with Crippen molar-refractivity contribution in [3.05, 3.63) is 0 Å². The van der Waals surface area contributed by atoms with E-state index in [-0.39, 0.29) is 6.04 Å². The minimum Gasteiger partial charge on any atom is -0.313 e. The molecule has 2 unspecified atom stereocenters. The Morgan fingerprint density at radius 3 is 2.79 bits per heavy atom. The van der Waals surface area contributed by atoms with E-state index in [1.165, 1.54) is 0 Å². The third-order valence-electron chi connectivity index (χ3n) is 2.44. The summed E-state index contributed by atoms with van der Waals surface area (Å²) in [6.07, 6.45) is 2.88. The summed E-state index contributed by atoms with van der Waals surface area (Å²) < 4.78 is 22.3. The van der Waals surface area contributed by atoms with Crippen LogP contribution in [0.25, 0.3) is 0 Å². The highest BCUT2D eigenvalue weighted by molar-refractivity contribution is 7.98. The molecule has 0 aromatic heterocycles. The molecular weight excluding hydrogens is 218 g/mol. The Hall–Kier alpha value is 0.260. The Morgan fingerprint density at radius 2 is 2.29 bits per heavy atom. The summed E-state index contributed by atoms with van der Waals surface area (Å²) in [4.78, 5) is 0. The van der Waals surface area contributed by atoms with Crippen molar-refractivity contribution in [2.24, 2.45) is 5.92 Å². The van der Waals surface area contributed by atoms with Crippen LogP contribution in [0.2, 0.25) is 0 Å². The molecule has 0 spiro atoms. The summed E-state index contributed by atoms with van der Waals surface area (Å²) in [6, 6.07) is 0.198. The fraction of sp³-hybridized carbons (Fsp3) is 1.00. The van der Waals surface area contributed by atoms with Gasteiger partial charge in [-0.3, -0.25) is 0 Å². The second-order valence-corrected chi connectivity index (χ2v) is 7.21. The quantitative estimate of drug-likeness (QED) is 0.767. The zero-order valence-corrected chi connectivity index (χ0v) is 10.5. The van der Waals surface area contributed by atoms with E-state index in [1.54, 1.807) is 0 Å². The molecule has 84 valence electrons. The lowest BCUT2D eigenvalue weighted by Gasteiger charge is -2.14. The lowest BCUT2D eigenvalue weighted by Crippen LogP contribution is -2.34. The molecule has 0 aromatic rings. The lowest BCUT2D eigenvalue weighted by molar-refractivity contribution is 0.492. The van der Waals surface area contributed by atoms with Crippen molar-refractivity contribution >= 4 is 21.6 Å². The number of hydrogen-bond acceptors (Lipinski definition) is 4. The van der Waals surface area contributed by atoms with Crippen LogP contribution in [-0.4, -0.2) is 44.5 Å². The van der Waals surface area contributed by atoms with E-state index in [0.29, 0.717) is 17.4 Å². The molecule has 1 N–H and O–H groups in total. The van der Waals surface area contributed by atoms with E-state index in [0.717, 1.165) is 18.7 Å². The van der Waals surface area contributed by atoms with Crippen LogP contribution in [0.1, 0.15) is 13.3 Å². The van der Waals surface area contributed by atoms with E-state index in [1.807, 2.05) is 11.8 Å². The molecule has 5 heteroatoms. The Bertz CT molecular complexity index is 264. The van der Waals surface area contributed by atoms with E-state index in [4.69, 9.17) is 0 Å². The fourth-order valence-electron chi connectivity index (χ4n) is 1.67. The molecule has 1 saturated heterocycles. The number of thioether (sulfide) groups is 1. The van der Waals surface area contributed by atoms with Gasteiger partial charge in [0.15, 0.2) is 9.84 Å². The van der Waals surface area contributed by atoms with Gasteiger partial charge in [-0.1, -0.05) is 6.92 Å². The normalized spacial score (nSPS) is 27.7. The van der Waals surface area contributed by atoms with Gasteiger partial charge in [-0.05, 0) is 30.9 Å². The van der Waals surface area contributed by atoms with Gasteiger partial charge in [0.2, 0.25) is 0 Å². The van der Waals surface area contributed by atoms with Gasteiger partial charge in [-0.25, -0.2) is 8.42 Å². The monoisotopic (exact) mass is 237 g/mol. The van der Waals surface area contributed by atoms with E-state index < -0.39 is 9.84 Å². The molecule has 0 amide bonds. The maximum Gasteiger partial charge on any atom is 0.151 e. The molecule has 1 heterocycles. The third-order valence-corrected chi connectivity index (χ3v) is 5.11. The molecular formula is C9H19NO2S2. The first kappa shape index (κ1) is 12.3. The zero-order chi connectivity index (χ0) is 10.6. The lowest BCUT2D eigenvalue weighted by atomic mass is 10.2. The van der Waals surface area contributed by atoms with Gasteiger partial charge >= 0.3 is 0 Å². The van der Waals surface area contributed by atoms with Gasteiger partial charge in [0.1, 0.15) is 0 Å². The second kappa shape index (κ2) is 5.37. The summed E-state index contributed by atoms with van der Waals surface area (Å²) >= 11 is 1.83. The Morgan fingerprint density at radius 1 is 1.57 bits per heavy atom. The molecule has 2 atom stereocenters. The fourth-order valence-corrected chi connectivity index (χ4v) is 4.06. The molecule has 0 aromatic carbocycles. The van der Waals surface area contributed by atoms with E-state index in [2.05, 4.69) is 18.5 Å². The largest absolute Gasteiger partial charge is 0.313 e. The van der Waals surface area contributed by atoms with Crippen molar-refractivity contribution < 1.29 is 8.42 Å². The van der Waals surface area contributed by atoms with Crippen LogP contribution in [-0.2, 0) is 9.84 Å². The summed E-state index contributed by atoms with van der Waals surface area (Å²) in [5, 5.41) is 3.33. The van der Waals surface area contributed by atoms with Gasteiger partial charge in [0, 0.05) is 6.04 Å². The van der Waals surface area contributed by atoms with Gasteiger partial charge in [-0.2, -0.15) is 11.8 Å². The van der Waals surface area contributed by atoms with Crippen LogP contribution < -0.4 is 5.32 Å². The first-order chi connectivity index (χ1) is 6.53. The predicted molar refractivity (Wildman–Crippen MR) is 62.6 cm³/mol. The molecule has 1 rings (SSSR count). The average molecular weight is 237 g/mol. The molecule has 3 nitrogen and oxygen atoms in total. The minimum absolute atomic E-state index is 0.198. The molecule has 14 heavy (non-hydrogen) atoms. The number of rotatable bonds is 5. The van der Waals surface area contributed by atoms with Crippen LogP contribution in [0.5, 0.6) is 0 Å². The highest BCUT2D eigenvalue weighted by atomic mass is 32.2.